The van der Waals surface area contributed by atoms with Crippen LogP contribution in [-0.2, 0) is 12.8 Å². The molecule has 124 valence electrons. The molecule has 1 fully saturated rings. The molecule has 6 heteroatoms. The first kappa shape index (κ1) is 15.6. The third kappa shape index (κ3) is 2.94. The molecular weight excluding hydrogens is 330 g/mol. The molecule has 1 saturated carbocycles. The van der Waals surface area contributed by atoms with E-state index in [-0.39, 0.29) is 6.10 Å². The fourth-order valence-corrected chi connectivity index (χ4v) is 5.32. The van der Waals surface area contributed by atoms with E-state index in [1.807, 2.05) is 0 Å². The second kappa shape index (κ2) is 6.19. The van der Waals surface area contributed by atoms with Crippen molar-refractivity contribution in [2.75, 3.05) is 14.1 Å². The Bertz CT molecular complexity index is 722. The third-order valence-corrected chi connectivity index (χ3v) is 6.51. The van der Waals surface area contributed by atoms with Crippen molar-refractivity contribution in [1.82, 2.24) is 14.9 Å². The van der Waals surface area contributed by atoms with Crippen LogP contribution in [0, 0.1) is 0 Å². The van der Waals surface area contributed by atoms with Crippen molar-refractivity contribution in [1.29, 1.82) is 0 Å². The zero-order valence-electron chi connectivity index (χ0n) is 13.6. The summed E-state index contributed by atoms with van der Waals surface area (Å²) in [5, 5.41) is 1.43. The maximum Gasteiger partial charge on any atom is 0.227 e. The van der Waals surface area contributed by atoms with Gasteiger partial charge in [-0.3, -0.25) is 0 Å². The molecule has 0 spiro atoms. The summed E-state index contributed by atoms with van der Waals surface area (Å²) in [5.41, 5.74) is 1.40. The average Bonchev–Trinajstić information content (AvgIpc) is 3.07. The normalized spacial score (nSPS) is 24.3. The summed E-state index contributed by atoms with van der Waals surface area (Å²) in [6, 6.07) is 0.675. The van der Waals surface area contributed by atoms with Crippen LogP contribution in [0.4, 0.5) is 0 Å². The van der Waals surface area contributed by atoms with Gasteiger partial charge in [-0.25, -0.2) is 4.98 Å². The smallest absolute Gasteiger partial charge is 0.227 e. The molecule has 4 nitrogen and oxygen atoms in total. The maximum absolute atomic E-state index is 6.31. The number of hydrogen-bond donors (Lipinski definition) is 0. The van der Waals surface area contributed by atoms with Gasteiger partial charge in [0.25, 0.3) is 0 Å². The Morgan fingerprint density at radius 3 is 2.65 bits per heavy atom. The first-order valence-electron chi connectivity index (χ1n) is 8.42. The van der Waals surface area contributed by atoms with Crippen LogP contribution in [0.5, 0.6) is 5.88 Å². The molecular formula is C17H22ClN3OS. The number of aryl methyl sites for hydroxylation is 2. The van der Waals surface area contributed by atoms with E-state index in [0.29, 0.717) is 17.2 Å². The van der Waals surface area contributed by atoms with Gasteiger partial charge in [0.05, 0.1) is 5.39 Å². The molecule has 0 atom stereocenters. The number of thiophene rings is 1. The third-order valence-electron chi connectivity index (χ3n) is 5.16. The minimum Gasteiger partial charge on any atom is -0.474 e. The number of nitrogens with zero attached hydrogens (tertiary/aromatic N) is 3. The molecule has 0 aliphatic heterocycles. The van der Waals surface area contributed by atoms with Crippen LogP contribution in [0.25, 0.3) is 10.2 Å². The predicted molar refractivity (Wildman–Crippen MR) is 94.8 cm³/mol. The Labute approximate surface area is 145 Å². The van der Waals surface area contributed by atoms with E-state index >= 15 is 0 Å². The van der Waals surface area contributed by atoms with Crippen LogP contribution >= 0.6 is 22.9 Å². The molecule has 4 rings (SSSR count). The molecule has 0 radical (unpaired) electrons. The largest absolute Gasteiger partial charge is 0.474 e. The van der Waals surface area contributed by atoms with Gasteiger partial charge in [0.2, 0.25) is 11.2 Å². The van der Waals surface area contributed by atoms with Crippen molar-refractivity contribution in [3.63, 3.8) is 0 Å². The van der Waals surface area contributed by atoms with Gasteiger partial charge in [-0.05, 0) is 76.2 Å². The van der Waals surface area contributed by atoms with E-state index < -0.39 is 0 Å². The van der Waals surface area contributed by atoms with Crippen molar-refractivity contribution in [2.45, 2.75) is 57.1 Å². The quantitative estimate of drug-likeness (QED) is 0.781. The molecule has 2 aliphatic carbocycles. The molecule has 2 heterocycles. The van der Waals surface area contributed by atoms with Gasteiger partial charge in [-0.1, -0.05) is 0 Å². The van der Waals surface area contributed by atoms with Gasteiger partial charge in [0, 0.05) is 10.9 Å². The number of ether oxygens (including phenoxy) is 1. The highest BCUT2D eigenvalue weighted by molar-refractivity contribution is 7.19. The Morgan fingerprint density at radius 2 is 1.91 bits per heavy atom. The molecule has 0 N–H and O–H groups in total. The molecule has 2 aliphatic rings. The molecule has 2 aromatic rings. The second-order valence-electron chi connectivity index (χ2n) is 6.85. The van der Waals surface area contributed by atoms with Gasteiger partial charge in [-0.15, -0.1) is 11.3 Å². The summed E-state index contributed by atoms with van der Waals surface area (Å²) in [7, 11) is 4.32. The molecule has 23 heavy (non-hydrogen) atoms. The van der Waals surface area contributed by atoms with Crippen LogP contribution in [-0.4, -0.2) is 41.1 Å². The average molecular weight is 352 g/mol. The Balaban J connectivity index is 1.59. The van der Waals surface area contributed by atoms with Crippen molar-refractivity contribution in [3.05, 3.63) is 15.7 Å². The van der Waals surface area contributed by atoms with Gasteiger partial charge in [0.15, 0.2) is 0 Å². The Hall–Kier alpha value is -0.910. The first-order chi connectivity index (χ1) is 11.1. The molecule has 0 unspecified atom stereocenters. The predicted octanol–water partition coefficient (Wildman–Crippen LogP) is 4.09. The van der Waals surface area contributed by atoms with Gasteiger partial charge in [0.1, 0.15) is 10.9 Å². The van der Waals surface area contributed by atoms with E-state index in [0.717, 1.165) is 35.9 Å². The van der Waals surface area contributed by atoms with Crippen LogP contribution in [0.15, 0.2) is 0 Å². The lowest BCUT2D eigenvalue weighted by Crippen LogP contribution is -2.35. The highest BCUT2D eigenvalue weighted by Gasteiger charge is 2.27. The zero-order chi connectivity index (χ0) is 16.0. The van der Waals surface area contributed by atoms with Crippen molar-refractivity contribution in [2.24, 2.45) is 0 Å². The molecule has 0 saturated heterocycles. The van der Waals surface area contributed by atoms with E-state index in [1.54, 1.807) is 11.3 Å². The van der Waals surface area contributed by atoms with E-state index in [4.69, 9.17) is 16.3 Å². The van der Waals surface area contributed by atoms with E-state index in [9.17, 15) is 0 Å². The maximum atomic E-state index is 6.31. The molecule has 0 aromatic carbocycles. The first-order valence-corrected chi connectivity index (χ1v) is 9.62. The highest BCUT2D eigenvalue weighted by Crippen LogP contribution is 2.41. The topological polar surface area (TPSA) is 38.2 Å². The number of rotatable bonds is 3. The second-order valence-corrected chi connectivity index (χ2v) is 8.27. The number of hydrogen-bond acceptors (Lipinski definition) is 5. The summed E-state index contributed by atoms with van der Waals surface area (Å²) in [6.45, 7) is 0. The van der Waals surface area contributed by atoms with Crippen LogP contribution in [0.1, 0.15) is 42.5 Å². The monoisotopic (exact) mass is 351 g/mol. The van der Waals surface area contributed by atoms with E-state index in [2.05, 4.69) is 29.0 Å². The Morgan fingerprint density at radius 1 is 1.13 bits per heavy atom. The fraction of sp³-hybridized carbons (Fsp3) is 0.647. The standard InChI is InChI=1S/C17H22ClN3OS/c1-21(2)10-6-8-11(9-7-10)22-15-14-12-4-3-5-13(12)23-16(14)20-17(18)19-15/h10-11H,3-9H2,1-2H3/t10-,11-. The highest BCUT2D eigenvalue weighted by atomic mass is 35.5. The SMILES string of the molecule is CN(C)[C@H]1CC[C@H](Oc2nc(Cl)nc3sc4c(c23)CCC4)CC1. The molecule has 0 bridgehead atoms. The van der Waals surface area contributed by atoms with Crippen molar-refractivity contribution in [3.8, 4) is 5.88 Å². The van der Waals surface area contributed by atoms with Crippen LogP contribution in [0.2, 0.25) is 5.28 Å². The van der Waals surface area contributed by atoms with Crippen LogP contribution in [0.3, 0.4) is 0 Å². The van der Waals surface area contributed by atoms with Crippen molar-refractivity contribution >= 4 is 33.2 Å². The summed E-state index contributed by atoms with van der Waals surface area (Å²) in [4.78, 5) is 13.6. The van der Waals surface area contributed by atoms with Gasteiger partial charge in [-0.2, -0.15) is 4.98 Å². The molecule has 2 aromatic heterocycles. The summed E-state index contributed by atoms with van der Waals surface area (Å²) in [6.07, 6.45) is 8.27. The zero-order valence-corrected chi connectivity index (χ0v) is 15.2. The lowest BCUT2D eigenvalue weighted by Gasteiger charge is -2.32. The fourth-order valence-electron chi connectivity index (χ4n) is 3.86. The summed E-state index contributed by atoms with van der Waals surface area (Å²) >= 11 is 7.89. The van der Waals surface area contributed by atoms with Gasteiger partial charge < -0.3 is 9.64 Å². The molecule has 0 amide bonds. The lowest BCUT2D eigenvalue weighted by atomic mass is 9.92. The van der Waals surface area contributed by atoms with Gasteiger partial charge >= 0.3 is 0 Å². The lowest BCUT2D eigenvalue weighted by molar-refractivity contribution is 0.108. The van der Waals surface area contributed by atoms with E-state index in [1.165, 1.54) is 29.7 Å². The summed E-state index contributed by atoms with van der Waals surface area (Å²) < 4.78 is 6.31. The minimum atomic E-state index is 0.248. The number of fused-ring (bicyclic) bond motifs is 3. The number of halogens is 1. The van der Waals surface area contributed by atoms with Crippen molar-refractivity contribution < 1.29 is 4.74 Å². The number of aromatic nitrogens is 2. The Kier molecular flexibility index (Phi) is 4.20. The van der Waals surface area contributed by atoms with Crippen LogP contribution < -0.4 is 4.74 Å². The minimum absolute atomic E-state index is 0.248. The summed E-state index contributed by atoms with van der Waals surface area (Å²) in [5.74, 6) is 0.715.